The summed E-state index contributed by atoms with van der Waals surface area (Å²) in [5.74, 6) is 0.134. The standard InChI is InChI=1S/C13H20N2O2/c1-9(2)12(16)8-14-13(17)15-11-6-4-5-10(3)7-11/h4-7,9,12,16H,8H2,1-3H3,(H2,14,15,17). The molecular formula is C13H20N2O2. The molecule has 1 aromatic rings. The van der Waals surface area contributed by atoms with E-state index < -0.39 is 6.10 Å². The van der Waals surface area contributed by atoms with Gasteiger partial charge in [-0.2, -0.15) is 0 Å². The number of carbonyl (C=O) groups excluding carboxylic acids is 1. The largest absolute Gasteiger partial charge is 0.391 e. The van der Waals surface area contributed by atoms with E-state index in [9.17, 15) is 9.90 Å². The van der Waals surface area contributed by atoms with Gasteiger partial charge < -0.3 is 15.7 Å². The van der Waals surface area contributed by atoms with Crippen molar-refractivity contribution < 1.29 is 9.90 Å². The van der Waals surface area contributed by atoms with Crippen LogP contribution in [0.25, 0.3) is 0 Å². The summed E-state index contributed by atoms with van der Waals surface area (Å²) in [6, 6.07) is 7.26. The number of urea groups is 1. The van der Waals surface area contributed by atoms with Crippen LogP contribution in [0.5, 0.6) is 0 Å². The highest BCUT2D eigenvalue weighted by molar-refractivity contribution is 5.89. The van der Waals surface area contributed by atoms with Crippen molar-refractivity contribution in [3.63, 3.8) is 0 Å². The van der Waals surface area contributed by atoms with Crippen LogP contribution in [0, 0.1) is 12.8 Å². The van der Waals surface area contributed by atoms with Crippen molar-refractivity contribution in [2.24, 2.45) is 5.92 Å². The Hall–Kier alpha value is -1.55. The average Bonchev–Trinajstić information content (AvgIpc) is 2.25. The molecule has 1 aromatic carbocycles. The van der Waals surface area contributed by atoms with Gasteiger partial charge in [0.1, 0.15) is 0 Å². The van der Waals surface area contributed by atoms with Crippen LogP contribution in [-0.2, 0) is 0 Å². The van der Waals surface area contributed by atoms with E-state index in [0.29, 0.717) is 0 Å². The topological polar surface area (TPSA) is 61.4 Å². The molecule has 94 valence electrons. The molecule has 4 heteroatoms. The lowest BCUT2D eigenvalue weighted by molar-refractivity contribution is 0.126. The van der Waals surface area contributed by atoms with Crippen LogP contribution in [0.15, 0.2) is 24.3 Å². The minimum Gasteiger partial charge on any atom is -0.391 e. The van der Waals surface area contributed by atoms with Gasteiger partial charge >= 0.3 is 6.03 Å². The lowest BCUT2D eigenvalue weighted by atomic mass is 10.1. The number of amides is 2. The molecule has 3 N–H and O–H groups in total. The number of anilines is 1. The number of hydrogen-bond donors (Lipinski definition) is 3. The quantitative estimate of drug-likeness (QED) is 0.750. The second-order valence-electron chi connectivity index (χ2n) is 4.52. The van der Waals surface area contributed by atoms with Crippen LogP contribution >= 0.6 is 0 Å². The van der Waals surface area contributed by atoms with Crippen LogP contribution in [0.4, 0.5) is 10.5 Å². The first-order chi connectivity index (χ1) is 7.99. The van der Waals surface area contributed by atoms with E-state index in [1.165, 1.54) is 0 Å². The minimum absolute atomic E-state index is 0.134. The number of benzene rings is 1. The molecule has 0 saturated carbocycles. The van der Waals surface area contributed by atoms with Crippen molar-refractivity contribution in [3.05, 3.63) is 29.8 Å². The van der Waals surface area contributed by atoms with Crippen LogP contribution in [0.2, 0.25) is 0 Å². The van der Waals surface area contributed by atoms with E-state index in [1.807, 2.05) is 45.0 Å². The highest BCUT2D eigenvalue weighted by Crippen LogP contribution is 2.09. The summed E-state index contributed by atoms with van der Waals surface area (Å²) >= 11 is 0. The second-order valence-corrected chi connectivity index (χ2v) is 4.52. The van der Waals surface area contributed by atoms with Gasteiger partial charge in [0.25, 0.3) is 0 Å². The maximum absolute atomic E-state index is 11.5. The molecular weight excluding hydrogens is 216 g/mol. The van der Waals surface area contributed by atoms with Crippen LogP contribution in [-0.4, -0.2) is 23.8 Å². The summed E-state index contributed by atoms with van der Waals surface area (Å²) in [6.07, 6.45) is -0.516. The van der Waals surface area contributed by atoms with Crippen LogP contribution in [0.3, 0.4) is 0 Å². The summed E-state index contributed by atoms with van der Waals surface area (Å²) in [6.45, 7) is 6.04. The van der Waals surface area contributed by atoms with Gasteiger partial charge in [-0.05, 0) is 30.5 Å². The van der Waals surface area contributed by atoms with Crippen molar-refractivity contribution in [3.8, 4) is 0 Å². The molecule has 0 saturated heterocycles. The van der Waals surface area contributed by atoms with E-state index in [1.54, 1.807) is 0 Å². The number of rotatable bonds is 4. The van der Waals surface area contributed by atoms with E-state index in [4.69, 9.17) is 0 Å². The Bertz CT molecular complexity index is 377. The predicted molar refractivity (Wildman–Crippen MR) is 69.0 cm³/mol. The third-order valence-corrected chi connectivity index (χ3v) is 2.52. The first-order valence-corrected chi connectivity index (χ1v) is 5.78. The van der Waals surface area contributed by atoms with Gasteiger partial charge in [0, 0.05) is 12.2 Å². The molecule has 0 spiro atoms. The average molecular weight is 236 g/mol. The fourth-order valence-corrected chi connectivity index (χ4v) is 1.33. The molecule has 4 nitrogen and oxygen atoms in total. The molecule has 1 unspecified atom stereocenters. The summed E-state index contributed by atoms with van der Waals surface area (Å²) in [7, 11) is 0. The van der Waals surface area contributed by atoms with Gasteiger partial charge in [0.2, 0.25) is 0 Å². The molecule has 0 aliphatic carbocycles. The molecule has 0 heterocycles. The Morgan fingerprint density at radius 1 is 1.41 bits per heavy atom. The molecule has 0 radical (unpaired) electrons. The van der Waals surface area contributed by atoms with Gasteiger partial charge in [0.05, 0.1) is 6.10 Å². The molecule has 0 aliphatic heterocycles. The maximum Gasteiger partial charge on any atom is 0.319 e. The summed E-state index contributed by atoms with van der Waals surface area (Å²) in [5, 5.41) is 14.9. The Balaban J connectivity index is 2.40. The predicted octanol–water partition coefficient (Wildman–Crippen LogP) is 2.13. The van der Waals surface area contributed by atoms with Gasteiger partial charge in [-0.1, -0.05) is 26.0 Å². The molecule has 0 fully saturated rings. The highest BCUT2D eigenvalue weighted by Gasteiger charge is 2.10. The smallest absolute Gasteiger partial charge is 0.319 e. The molecule has 0 aliphatic rings. The zero-order valence-electron chi connectivity index (χ0n) is 10.5. The summed E-state index contributed by atoms with van der Waals surface area (Å²) in [5.41, 5.74) is 1.84. The highest BCUT2D eigenvalue weighted by atomic mass is 16.3. The summed E-state index contributed by atoms with van der Waals surface area (Å²) in [4.78, 5) is 11.5. The molecule has 1 atom stereocenters. The molecule has 0 aromatic heterocycles. The Labute approximate surface area is 102 Å². The second kappa shape index (κ2) is 6.25. The fourth-order valence-electron chi connectivity index (χ4n) is 1.33. The zero-order chi connectivity index (χ0) is 12.8. The number of carbonyl (C=O) groups is 1. The normalized spacial score (nSPS) is 12.3. The van der Waals surface area contributed by atoms with Gasteiger partial charge in [-0.25, -0.2) is 4.79 Å². The van der Waals surface area contributed by atoms with E-state index in [-0.39, 0.29) is 18.5 Å². The first-order valence-electron chi connectivity index (χ1n) is 5.78. The van der Waals surface area contributed by atoms with Crippen molar-refractivity contribution in [2.45, 2.75) is 26.9 Å². The summed E-state index contributed by atoms with van der Waals surface area (Å²) < 4.78 is 0. The maximum atomic E-state index is 11.5. The third-order valence-electron chi connectivity index (χ3n) is 2.52. The van der Waals surface area contributed by atoms with Crippen molar-refractivity contribution in [1.82, 2.24) is 5.32 Å². The zero-order valence-corrected chi connectivity index (χ0v) is 10.5. The molecule has 2 amide bonds. The molecule has 17 heavy (non-hydrogen) atoms. The van der Waals surface area contributed by atoms with Crippen molar-refractivity contribution in [1.29, 1.82) is 0 Å². The van der Waals surface area contributed by atoms with Crippen molar-refractivity contribution in [2.75, 3.05) is 11.9 Å². The number of aliphatic hydroxyl groups is 1. The minimum atomic E-state index is -0.516. The Morgan fingerprint density at radius 3 is 2.71 bits per heavy atom. The number of aryl methyl sites for hydroxylation is 1. The lowest BCUT2D eigenvalue weighted by Gasteiger charge is -2.15. The van der Waals surface area contributed by atoms with Crippen LogP contribution in [0.1, 0.15) is 19.4 Å². The molecule has 0 bridgehead atoms. The van der Waals surface area contributed by atoms with Crippen LogP contribution < -0.4 is 10.6 Å². The Morgan fingerprint density at radius 2 is 2.12 bits per heavy atom. The Kier molecular flexibility index (Phi) is 4.97. The van der Waals surface area contributed by atoms with E-state index in [0.717, 1.165) is 11.3 Å². The van der Waals surface area contributed by atoms with Gasteiger partial charge in [-0.3, -0.25) is 0 Å². The first kappa shape index (κ1) is 13.5. The third kappa shape index (κ3) is 4.87. The van der Waals surface area contributed by atoms with Crippen molar-refractivity contribution >= 4 is 11.7 Å². The van der Waals surface area contributed by atoms with E-state index in [2.05, 4.69) is 10.6 Å². The number of hydrogen-bond acceptors (Lipinski definition) is 2. The number of nitrogens with one attached hydrogen (secondary N) is 2. The van der Waals surface area contributed by atoms with E-state index >= 15 is 0 Å². The SMILES string of the molecule is Cc1cccc(NC(=O)NCC(O)C(C)C)c1. The monoisotopic (exact) mass is 236 g/mol. The lowest BCUT2D eigenvalue weighted by Crippen LogP contribution is -2.37. The van der Waals surface area contributed by atoms with Gasteiger partial charge in [-0.15, -0.1) is 0 Å². The fraction of sp³-hybridized carbons (Fsp3) is 0.462. The van der Waals surface area contributed by atoms with Gasteiger partial charge in [0.15, 0.2) is 0 Å². The number of aliphatic hydroxyl groups excluding tert-OH is 1. The molecule has 1 rings (SSSR count).